The lowest BCUT2D eigenvalue weighted by atomic mass is 10.1. The number of aromatic nitrogens is 1. The predicted octanol–water partition coefficient (Wildman–Crippen LogP) is 4.13. The molecule has 0 unspecified atom stereocenters. The largest absolute Gasteiger partial charge is 0.439 e. The van der Waals surface area contributed by atoms with Crippen LogP contribution in [-0.4, -0.2) is 48.1 Å². The van der Waals surface area contributed by atoms with E-state index in [-0.39, 0.29) is 18.1 Å². The summed E-state index contributed by atoms with van der Waals surface area (Å²) in [5.74, 6) is 1.02. The lowest BCUT2D eigenvalue weighted by Crippen LogP contribution is -2.46. The average Bonchev–Trinajstić information content (AvgIpc) is 3.30. The first-order valence-electron chi connectivity index (χ1n) is 10.1. The molecule has 1 aliphatic heterocycles. The highest BCUT2D eigenvalue weighted by atomic mass is 32.1. The van der Waals surface area contributed by atoms with Crippen molar-refractivity contribution in [3.05, 3.63) is 76.6 Å². The zero-order valence-corrected chi connectivity index (χ0v) is 17.7. The van der Waals surface area contributed by atoms with Crippen LogP contribution >= 0.6 is 11.3 Å². The topological polar surface area (TPSA) is 63.7 Å². The molecule has 7 heteroatoms. The number of hydrogen-bond acceptors (Lipinski definition) is 6. The number of pyridine rings is 1. The molecule has 1 aliphatic rings. The van der Waals surface area contributed by atoms with E-state index in [2.05, 4.69) is 33.6 Å². The fourth-order valence-electron chi connectivity index (χ4n) is 3.49. The maximum atomic E-state index is 12.7. The Labute approximate surface area is 180 Å². The fourth-order valence-corrected chi connectivity index (χ4v) is 4.36. The van der Waals surface area contributed by atoms with Gasteiger partial charge in [-0.05, 0) is 36.6 Å². The average molecular weight is 424 g/mol. The van der Waals surface area contributed by atoms with Crippen LogP contribution in [0.25, 0.3) is 0 Å². The van der Waals surface area contributed by atoms with E-state index >= 15 is 0 Å². The zero-order valence-electron chi connectivity index (χ0n) is 16.9. The van der Waals surface area contributed by atoms with E-state index in [1.165, 1.54) is 4.88 Å². The van der Waals surface area contributed by atoms with Gasteiger partial charge in [-0.15, -0.1) is 11.3 Å². The first kappa shape index (κ1) is 20.5. The molecule has 0 spiro atoms. The van der Waals surface area contributed by atoms with Crippen LogP contribution in [0.5, 0.6) is 11.6 Å². The molecule has 1 fully saturated rings. The lowest BCUT2D eigenvalue weighted by molar-refractivity contribution is -0.0336. The van der Waals surface area contributed by atoms with E-state index in [9.17, 15) is 4.79 Å². The molecule has 4 rings (SSSR count). The minimum absolute atomic E-state index is 0.133. The Morgan fingerprint density at radius 1 is 1.27 bits per heavy atom. The molecular formula is C23H25N3O3S. The highest BCUT2D eigenvalue weighted by Crippen LogP contribution is 2.26. The number of ether oxygens (including phenoxy) is 2. The summed E-state index contributed by atoms with van der Waals surface area (Å²) in [5, 5.41) is 5.15. The van der Waals surface area contributed by atoms with Gasteiger partial charge in [-0.3, -0.25) is 9.69 Å². The van der Waals surface area contributed by atoms with Crippen LogP contribution in [-0.2, 0) is 4.74 Å². The normalized spacial score (nSPS) is 18.0. The van der Waals surface area contributed by atoms with Crippen molar-refractivity contribution >= 4 is 17.2 Å². The lowest BCUT2D eigenvalue weighted by Gasteiger charge is -2.37. The number of morpholine rings is 1. The minimum atomic E-state index is -0.142. The Kier molecular flexibility index (Phi) is 6.74. The Morgan fingerprint density at radius 3 is 2.83 bits per heavy atom. The third-order valence-electron chi connectivity index (χ3n) is 5.00. The summed E-state index contributed by atoms with van der Waals surface area (Å²) in [6.07, 6.45) is 1.74. The van der Waals surface area contributed by atoms with E-state index in [0.29, 0.717) is 30.3 Å². The number of benzene rings is 1. The molecule has 1 amide bonds. The van der Waals surface area contributed by atoms with Crippen molar-refractivity contribution in [2.75, 3.05) is 26.2 Å². The second-order valence-corrected chi connectivity index (χ2v) is 8.20. The Morgan fingerprint density at radius 2 is 2.13 bits per heavy atom. The van der Waals surface area contributed by atoms with Gasteiger partial charge in [0.25, 0.3) is 5.91 Å². The molecule has 2 aromatic heterocycles. The van der Waals surface area contributed by atoms with Crippen LogP contribution in [0.1, 0.15) is 28.2 Å². The molecule has 3 heterocycles. The molecule has 6 nitrogen and oxygen atoms in total. The van der Waals surface area contributed by atoms with Crippen molar-refractivity contribution in [1.82, 2.24) is 15.2 Å². The highest BCUT2D eigenvalue weighted by molar-refractivity contribution is 7.10. The van der Waals surface area contributed by atoms with Gasteiger partial charge in [-0.25, -0.2) is 4.98 Å². The maximum absolute atomic E-state index is 12.7. The maximum Gasteiger partial charge on any atom is 0.252 e. The number of nitrogens with one attached hydrogen (secondary N) is 1. The molecule has 30 heavy (non-hydrogen) atoms. The fraction of sp³-hybridized carbons (Fsp3) is 0.304. The monoisotopic (exact) mass is 423 g/mol. The van der Waals surface area contributed by atoms with Gasteiger partial charge in [0.05, 0.1) is 24.3 Å². The van der Waals surface area contributed by atoms with E-state index < -0.39 is 0 Å². The molecule has 0 bridgehead atoms. The van der Waals surface area contributed by atoms with E-state index in [1.54, 1.807) is 29.7 Å². The van der Waals surface area contributed by atoms with Gasteiger partial charge in [-0.1, -0.05) is 24.3 Å². The molecule has 1 aromatic carbocycles. The molecule has 1 saturated heterocycles. The number of nitrogens with zero attached hydrogens (tertiary/aromatic N) is 2. The van der Waals surface area contributed by atoms with Crippen LogP contribution in [0.15, 0.2) is 66.2 Å². The number of amides is 1. The second kappa shape index (κ2) is 9.84. The minimum Gasteiger partial charge on any atom is -0.439 e. The van der Waals surface area contributed by atoms with Crippen LogP contribution in [0.2, 0.25) is 0 Å². The molecule has 156 valence electrons. The Hall–Kier alpha value is -2.74. The van der Waals surface area contributed by atoms with Crippen LogP contribution in [0.3, 0.4) is 0 Å². The standard InChI is InChI=1S/C23H25N3O3S/c1-17-16-26(11-12-28-17)20(21-8-5-13-30-21)15-25-23(27)18-9-10-22(24-14-18)29-19-6-3-2-4-7-19/h2-10,13-14,17,20H,11-12,15-16H2,1H3,(H,25,27)/t17-,20-/m0/s1. The third-order valence-corrected chi connectivity index (χ3v) is 5.98. The van der Waals surface area contributed by atoms with Crippen molar-refractivity contribution in [1.29, 1.82) is 0 Å². The summed E-state index contributed by atoms with van der Waals surface area (Å²) in [7, 11) is 0. The molecule has 0 aliphatic carbocycles. The molecule has 3 aromatic rings. The van der Waals surface area contributed by atoms with Gasteiger partial charge in [0.2, 0.25) is 5.88 Å². The second-order valence-electron chi connectivity index (χ2n) is 7.22. The van der Waals surface area contributed by atoms with Gasteiger partial charge in [0.15, 0.2) is 0 Å². The summed E-state index contributed by atoms with van der Waals surface area (Å²) in [5.41, 5.74) is 0.510. The van der Waals surface area contributed by atoms with E-state index in [4.69, 9.17) is 9.47 Å². The number of carbonyl (C=O) groups excluding carboxylic acids is 1. The van der Waals surface area contributed by atoms with Crippen molar-refractivity contribution < 1.29 is 14.3 Å². The van der Waals surface area contributed by atoms with Crippen LogP contribution in [0, 0.1) is 0 Å². The quantitative estimate of drug-likeness (QED) is 0.619. The summed E-state index contributed by atoms with van der Waals surface area (Å²) in [4.78, 5) is 20.6. The zero-order chi connectivity index (χ0) is 20.8. The van der Waals surface area contributed by atoms with Crippen LogP contribution in [0.4, 0.5) is 0 Å². The molecular weight excluding hydrogens is 398 g/mol. The summed E-state index contributed by atoms with van der Waals surface area (Å²) in [6, 6.07) is 17.2. The van der Waals surface area contributed by atoms with Crippen molar-refractivity contribution in [3.63, 3.8) is 0 Å². The van der Waals surface area contributed by atoms with Crippen LogP contribution < -0.4 is 10.1 Å². The summed E-state index contributed by atoms with van der Waals surface area (Å²) in [6.45, 7) is 5.04. The number of rotatable bonds is 7. The van der Waals surface area contributed by atoms with Crippen molar-refractivity contribution in [2.45, 2.75) is 19.1 Å². The third kappa shape index (κ3) is 5.24. The Bertz CT molecular complexity index is 932. The van der Waals surface area contributed by atoms with Gasteiger partial charge in [-0.2, -0.15) is 0 Å². The van der Waals surface area contributed by atoms with Crippen molar-refractivity contribution in [3.8, 4) is 11.6 Å². The van der Waals surface area contributed by atoms with E-state index in [0.717, 1.165) is 13.1 Å². The summed E-state index contributed by atoms with van der Waals surface area (Å²) < 4.78 is 11.4. The number of thiophene rings is 1. The van der Waals surface area contributed by atoms with Gasteiger partial charge in [0.1, 0.15) is 5.75 Å². The predicted molar refractivity (Wildman–Crippen MR) is 117 cm³/mol. The molecule has 0 radical (unpaired) electrons. The first-order chi connectivity index (χ1) is 14.7. The van der Waals surface area contributed by atoms with Gasteiger partial charge < -0.3 is 14.8 Å². The van der Waals surface area contributed by atoms with Gasteiger partial charge in [0, 0.05) is 36.8 Å². The number of para-hydroxylation sites is 1. The summed E-state index contributed by atoms with van der Waals surface area (Å²) >= 11 is 1.71. The first-order valence-corrected chi connectivity index (χ1v) is 10.9. The van der Waals surface area contributed by atoms with Gasteiger partial charge >= 0.3 is 0 Å². The highest BCUT2D eigenvalue weighted by Gasteiger charge is 2.26. The smallest absolute Gasteiger partial charge is 0.252 e. The molecule has 2 atom stereocenters. The number of carbonyl (C=O) groups is 1. The van der Waals surface area contributed by atoms with Crippen molar-refractivity contribution in [2.24, 2.45) is 0 Å². The number of hydrogen-bond donors (Lipinski definition) is 1. The molecule has 0 saturated carbocycles. The SMILES string of the molecule is C[C@H]1CN([C@@H](CNC(=O)c2ccc(Oc3ccccc3)nc2)c2cccs2)CCO1. The van der Waals surface area contributed by atoms with E-state index in [1.807, 2.05) is 36.4 Å². The molecule has 1 N–H and O–H groups in total. The Balaban J connectivity index is 1.38.